The largest absolute Gasteiger partial charge is 0.444 e. The van der Waals surface area contributed by atoms with Crippen LogP contribution < -0.4 is 0 Å². The van der Waals surface area contributed by atoms with Crippen LogP contribution in [-0.2, 0) is 4.74 Å². The molecular formula is C18H23N3O2S. The predicted molar refractivity (Wildman–Crippen MR) is 94.9 cm³/mol. The lowest BCUT2D eigenvalue weighted by molar-refractivity contribution is 0.00950. The maximum atomic E-state index is 12.5. The van der Waals surface area contributed by atoms with Gasteiger partial charge in [0.1, 0.15) is 10.6 Å². The van der Waals surface area contributed by atoms with Crippen molar-refractivity contribution in [1.82, 2.24) is 14.9 Å². The van der Waals surface area contributed by atoms with Gasteiger partial charge in [-0.1, -0.05) is 0 Å². The maximum absolute atomic E-state index is 12.5. The molecule has 0 aromatic carbocycles. The lowest BCUT2D eigenvalue weighted by atomic mass is 10.0. The van der Waals surface area contributed by atoms with Gasteiger partial charge < -0.3 is 4.74 Å². The van der Waals surface area contributed by atoms with Crippen molar-refractivity contribution in [3.63, 3.8) is 0 Å². The number of carbonyl (C=O) groups is 1. The van der Waals surface area contributed by atoms with E-state index in [0.29, 0.717) is 0 Å². The highest BCUT2D eigenvalue weighted by Crippen LogP contribution is 2.35. The first-order chi connectivity index (χ1) is 11.4. The molecule has 0 saturated carbocycles. The zero-order valence-corrected chi connectivity index (χ0v) is 15.2. The number of amides is 1. The van der Waals surface area contributed by atoms with Crippen molar-refractivity contribution < 1.29 is 9.53 Å². The zero-order chi connectivity index (χ0) is 17.2. The number of nitrogens with zero attached hydrogens (tertiary/aromatic N) is 3. The van der Waals surface area contributed by atoms with E-state index >= 15 is 0 Å². The first-order valence-corrected chi connectivity index (χ1v) is 9.17. The molecule has 2 aromatic rings. The highest BCUT2D eigenvalue weighted by molar-refractivity contribution is 7.10. The molecule has 2 aromatic heterocycles. The first kappa shape index (κ1) is 16.9. The third-order valence-corrected chi connectivity index (χ3v) is 4.86. The van der Waals surface area contributed by atoms with Crippen LogP contribution in [0.2, 0.25) is 0 Å². The van der Waals surface area contributed by atoms with Gasteiger partial charge in [0.15, 0.2) is 0 Å². The summed E-state index contributed by atoms with van der Waals surface area (Å²) in [6, 6.07) is 3.91. The molecule has 1 atom stereocenters. The van der Waals surface area contributed by atoms with Crippen molar-refractivity contribution in [2.45, 2.75) is 51.7 Å². The topological polar surface area (TPSA) is 55.3 Å². The molecule has 128 valence electrons. The van der Waals surface area contributed by atoms with Crippen molar-refractivity contribution >= 4 is 17.4 Å². The molecule has 0 bridgehead atoms. The summed E-state index contributed by atoms with van der Waals surface area (Å²) in [6.07, 6.45) is 6.34. The van der Waals surface area contributed by atoms with Crippen molar-refractivity contribution in [3.05, 3.63) is 34.9 Å². The fraction of sp³-hybridized carbons (Fsp3) is 0.500. The van der Waals surface area contributed by atoms with Gasteiger partial charge in [0.25, 0.3) is 0 Å². The van der Waals surface area contributed by atoms with Crippen molar-refractivity contribution in [2.24, 2.45) is 0 Å². The summed E-state index contributed by atoms with van der Waals surface area (Å²) in [4.78, 5) is 23.2. The van der Waals surface area contributed by atoms with Crippen LogP contribution in [0.4, 0.5) is 4.79 Å². The van der Waals surface area contributed by atoms with E-state index in [-0.39, 0.29) is 12.1 Å². The second-order valence-corrected chi connectivity index (χ2v) is 7.88. The number of rotatable bonds is 2. The van der Waals surface area contributed by atoms with E-state index in [1.165, 1.54) is 0 Å². The average Bonchev–Trinajstić information content (AvgIpc) is 3.04. The average molecular weight is 345 g/mol. The zero-order valence-electron chi connectivity index (χ0n) is 14.4. The molecule has 1 amide bonds. The van der Waals surface area contributed by atoms with Crippen LogP contribution in [0.1, 0.15) is 51.1 Å². The van der Waals surface area contributed by atoms with Gasteiger partial charge in [-0.2, -0.15) is 0 Å². The molecule has 0 spiro atoms. The Bertz CT molecular complexity index is 694. The molecule has 1 saturated heterocycles. The van der Waals surface area contributed by atoms with Crippen LogP contribution in [0, 0.1) is 0 Å². The monoisotopic (exact) mass is 345 g/mol. The smallest absolute Gasteiger partial charge is 0.410 e. The van der Waals surface area contributed by atoms with Crippen molar-refractivity contribution in [3.8, 4) is 11.3 Å². The minimum Gasteiger partial charge on any atom is -0.444 e. The molecule has 0 aliphatic carbocycles. The summed E-state index contributed by atoms with van der Waals surface area (Å²) in [5.74, 6) is 0. The van der Waals surface area contributed by atoms with Gasteiger partial charge in [-0.25, -0.2) is 9.78 Å². The van der Waals surface area contributed by atoms with Crippen LogP contribution in [0.5, 0.6) is 0 Å². The van der Waals surface area contributed by atoms with Crippen molar-refractivity contribution in [2.75, 3.05) is 6.54 Å². The quantitative estimate of drug-likeness (QED) is 0.794. The Morgan fingerprint density at radius 3 is 2.75 bits per heavy atom. The molecule has 3 heterocycles. The molecule has 0 radical (unpaired) electrons. The molecule has 24 heavy (non-hydrogen) atoms. The van der Waals surface area contributed by atoms with Crippen LogP contribution in [-0.4, -0.2) is 33.1 Å². The highest BCUT2D eigenvalue weighted by atomic mass is 32.1. The molecule has 1 fully saturated rings. The van der Waals surface area contributed by atoms with E-state index in [2.05, 4.69) is 4.98 Å². The third-order valence-electron chi connectivity index (χ3n) is 3.91. The summed E-state index contributed by atoms with van der Waals surface area (Å²) >= 11 is 1.61. The molecule has 5 nitrogen and oxygen atoms in total. The fourth-order valence-corrected chi connectivity index (χ4v) is 3.80. The number of carbonyl (C=O) groups excluding carboxylic acids is 1. The normalized spacial score (nSPS) is 18.5. The minimum absolute atomic E-state index is 0.00851. The lowest BCUT2D eigenvalue weighted by Gasteiger charge is -2.35. The van der Waals surface area contributed by atoms with E-state index < -0.39 is 5.60 Å². The number of piperidine rings is 1. The van der Waals surface area contributed by atoms with E-state index in [1.807, 2.05) is 43.2 Å². The molecular weight excluding hydrogens is 322 g/mol. The van der Waals surface area contributed by atoms with Crippen LogP contribution in [0.15, 0.2) is 29.9 Å². The Morgan fingerprint density at radius 1 is 1.29 bits per heavy atom. The van der Waals surface area contributed by atoms with Gasteiger partial charge in [0, 0.05) is 29.9 Å². The molecule has 6 heteroatoms. The number of hydrogen-bond acceptors (Lipinski definition) is 5. The Hall–Kier alpha value is -1.95. The second-order valence-electron chi connectivity index (χ2n) is 6.99. The molecule has 1 aliphatic heterocycles. The summed E-state index contributed by atoms with van der Waals surface area (Å²) in [5, 5.41) is 3.03. The maximum Gasteiger partial charge on any atom is 0.410 e. The molecule has 1 aliphatic rings. The number of ether oxygens (including phenoxy) is 1. The summed E-state index contributed by atoms with van der Waals surface area (Å²) in [6.45, 7) is 6.42. The van der Waals surface area contributed by atoms with Gasteiger partial charge in [0.05, 0.1) is 11.7 Å². The van der Waals surface area contributed by atoms with E-state index in [9.17, 15) is 4.79 Å². The second kappa shape index (κ2) is 6.89. The third kappa shape index (κ3) is 3.93. The highest BCUT2D eigenvalue weighted by Gasteiger charge is 2.33. The van der Waals surface area contributed by atoms with E-state index in [1.54, 1.807) is 23.7 Å². The number of pyridine rings is 1. The summed E-state index contributed by atoms with van der Waals surface area (Å²) in [5.41, 5.74) is 1.50. The Kier molecular flexibility index (Phi) is 4.85. The number of likely N-dealkylation sites (tertiary alicyclic amines) is 1. The standard InChI is InChI=1S/C18H23N3O2S/c1-18(2,3)23-17(22)21-11-5-4-6-15(21)16-20-14(12-24-16)13-7-9-19-10-8-13/h7-10,12,15H,4-6,11H2,1-3H3. The number of hydrogen-bond donors (Lipinski definition) is 0. The SMILES string of the molecule is CC(C)(C)OC(=O)N1CCCCC1c1nc(-c2ccncc2)cs1. The predicted octanol–water partition coefficient (Wildman–Crippen LogP) is 4.67. The Morgan fingerprint density at radius 2 is 2.04 bits per heavy atom. The van der Waals surface area contributed by atoms with Gasteiger partial charge >= 0.3 is 6.09 Å². The van der Waals surface area contributed by atoms with Gasteiger partial charge in [-0.15, -0.1) is 11.3 Å². The van der Waals surface area contributed by atoms with Crippen LogP contribution in [0.3, 0.4) is 0 Å². The Balaban J connectivity index is 1.81. The van der Waals surface area contributed by atoms with E-state index in [0.717, 1.165) is 42.1 Å². The minimum atomic E-state index is -0.482. The molecule has 1 unspecified atom stereocenters. The fourth-order valence-electron chi connectivity index (χ4n) is 2.82. The van der Waals surface area contributed by atoms with Crippen LogP contribution >= 0.6 is 11.3 Å². The van der Waals surface area contributed by atoms with Gasteiger partial charge in [-0.05, 0) is 52.2 Å². The number of aromatic nitrogens is 2. The van der Waals surface area contributed by atoms with E-state index in [4.69, 9.17) is 9.72 Å². The van der Waals surface area contributed by atoms with Crippen molar-refractivity contribution in [1.29, 1.82) is 0 Å². The Labute approximate surface area is 146 Å². The molecule has 3 rings (SSSR count). The first-order valence-electron chi connectivity index (χ1n) is 8.29. The summed E-state index contributed by atoms with van der Waals surface area (Å²) in [7, 11) is 0. The molecule has 0 N–H and O–H groups in total. The van der Waals surface area contributed by atoms with Crippen LogP contribution in [0.25, 0.3) is 11.3 Å². The summed E-state index contributed by atoms with van der Waals surface area (Å²) < 4.78 is 5.58. The number of thiazole rings is 1. The van der Waals surface area contributed by atoms with Gasteiger partial charge in [-0.3, -0.25) is 9.88 Å². The van der Waals surface area contributed by atoms with Gasteiger partial charge in [0.2, 0.25) is 0 Å². The lowest BCUT2D eigenvalue weighted by Crippen LogP contribution is -2.41.